The zero-order valence-electron chi connectivity index (χ0n) is 14.9. The van der Waals surface area contributed by atoms with Gasteiger partial charge in [-0.05, 0) is 64.5 Å². The predicted molar refractivity (Wildman–Crippen MR) is 110 cm³/mol. The summed E-state index contributed by atoms with van der Waals surface area (Å²) >= 11 is 0. The van der Waals surface area contributed by atoms with Crippen molar-refractivity contribution in [2.24, 2.45) is 10.7 Å². The zero-order valence-corrected chi connectivity index (χ0v) is 17.3. The van der Waals surface area contributed by atoms with E-state index in [0.29, 0.717) is 19.1 Å². The number of guanidine groups is 1. The summed E-state index contributed by atoms with van der Waals surface area (Å²) in [6, 6.07) is 6.24. The molecule has 0 saturated heterocycles. The lowest BCUT2D eigenvalue weighted by molar-refractivity contribution is 0.0583. The highest BCUT2D eigenvalue weighted by Gasteiger charge is 2.08. The fourth-order valence-corrected chi connectivity index (χ4v) is 2.30. The van der Waals surface area contributed by atoms with Crippen molar-refractivity contribution in [2.45, 2.75) is 33.3 Å². The van der Waals surface area contributed by atoms with Crippen molar-refractivity contribution in [3.05, 3.63) is 29.3 Å². The van der Waals surface area contributed by atoms with Gasteiger partial charge in [0, 0.05) is 18.8 Å². The van der Waals surface area contributed by atoms with Gasteiger partial charge in [0.05, 0.1) is 12.6 Å². The number of hydrogen-bond donors (Lipinski definition) is 2. The van der Waals surface area contributed by atoms with Crippen molar-refractivity contribution in [3.63, 3.8) is 0 Å². The Hall–Kier alpha value is -0.860. The van der Waals surface area contributed by atoms with Crippen molar-refractivity contribution in [1.29, 1.82) is 0 Å². The normalized spacial score (nSPS) is 12.9. The molecule has 0 fully saturated rings. The van der Waals surface area contributed by atoms with Crippen LogP contribution in [0.5, 0.6) is 0 Å². The maximum atomic E-state index is 5.98. The lowest BCUT2D eigenvalue weighted by Crippen LogP contribution is -2.28. The Morgan fingerprint density at radius 3 is 2.39 bits per heavy atom. The van der Waals surface area contributed by atoms with E-state index in [4.69, 9.17) is 10.5 Å². The Labute approximate surface area is 157 Å². The standard InChI is InChI=1S/C17H30N4O.HI/c1-6-22-16(7-8-21(4)5)12-19-17(18)20-15-10-13(2)9-14(3)11-15;/h9-11,16H,6-8,12H2,1-5H3,(H3,18,19,20);1H. The molecule has 0 heterocycles. The van der Waals surface area contributed by atoms with Crippen molar-refractivity contribution in [2.75, 3.05) is 39.1 Å². The average Bonchev–Trinajstić information content (AvgIpc) is 2.40. The summed E-state index contributed by atoms with van der Waals surface area (Å²) in [7, 11) is 4.12. The van der Waals surface area contributed by atoms with Gasteiger partial charge >= 0.3 is 0 Å². The van der Waals surface area contributed by atoms with Crippen LogP contribution in [0.3, 0.4) is 0 Å². The summed E-state index contributed by atoms with van der Waals surface area (Å²) in [5.41, 5.74) is 9.36. The number of rotatable bonds is 8. The average molecular weight is 434 g/mol. The molecule has 0 aromatic heterocycles. The smallest absolute Gasteiger partial charge is 0.193 e. The number of aryl methyl sites for hydroxylation is 2. The molecule has 1 rings (SSSR count). The minimum atomic E-state index is 0. The monoisotopic (exact) mass is 434 g/mol. The van der Waals surface area contributed by atoms with Crippen molar-refractivity contribution < 1.29 is 4.74 Å². The van der Waals surface area contributed by atoms with Gasteiger partial charge in [-0.3, -0.25) is 4.99 Å². The number of nitrogens with one attached hydrogen (secondary N) is 1. The molecule has 0 radical (unpaired) electrons. The third kappa shape index (κ3) is 9.78. The first kappa shape index (κ1) is 22.1. The molecule has 0 aliphatic rings. The van der Waals surface area contributed by atoms with Crippen LogP contribution in [-0.4, -0.2) is 50.8 Å². The first-order valence-corrected chi connectivity index (χ1v) is 7.82. The van der Waals surface area contributed by atoms with E-state index < -0.39 is 0 Å². The first-order valence-electron chi connectivity index (χ1n) is 7.82. The van der Waals surface area contributed by atoms with Gasteiger partial charge in [0.25, 0.3) is 0 Å². The molecule has 23 heavy (non-hydrogen) atoms. The van der Waals surface area contributed by atoms with Gasteiger partial charge < -0.3 is 20.7 Å². The first-order chi connectivity index (χ1) is 10.4. The van der Waals surface area contributed by atoms with Crippen molar-refractivity contribution in [1.82, 2.24) is 4.90 Å². The van der Waals surface area contributed by atoms with Crippen LogP contribution in [0.2, 0.25) is 0 Å². The van der Waals surface area contributed by atoms with E-state index in [0.717, 1.165) is 18.7 Å². The number of benzene rings is 1. The van der Waals surface area contributed by atoms with E-state index in [9.17, 15) is 0 Å². The topological polar surface area (TPSA) is 62.9 Å². The Morgan fingerprint density at radius 2 is 1.87 bits per heavy atom. The molecule has 0 aliphatic carbocycles. The Kier molecular flexibility index (Phi) is 11.2. The quantitative estimate of drug-likeness (QED) is 0.375. The molecule has 1 atom stereocenters. The fourth-order valence-electron chi connectivity index (χ4n) is 2.30. The van der Waals surface area contributed by atoms with Gasteiger partial charge in [-0.2, -0.15) is 0 Å². The lowest BCUT2D eigenvalue weighted by Gasteiger charge is -2.18. The van der Waals surface area contributed by atoms with E-state index in [1.165, 1.54) is 11.1 Å². The Balaban J connectivity index is 0.00000484. The third-order valence-corrected chi connectivity index (χ3v) is 3.26. The second kappa shape index (κ2) is 11.6. The molecular weight excluding hydrogens is 403 g/mol. The number of ether oxygens (including phenoxy) is 1. The zero-order chi connectivity index (χ0) is 16.5. The third-order valence-electron chi connectivity index (χ3n) is 3.26. The molecule has 1 unspecified atom stereocenters. The highest BCUT2D eigenvalue weighted by Crippen LogP contribution is 2.13. The van der Waals surface area contributed by atoms with Crippen LogP contribution in [0, 0.1) is 13.8 Å². The van der Waals surface area contributed by atoms with Crippen LogP contribution in [0.1, 0.15) is 24.5 Å². The van der Waals surface area contributed by atoms with Crippen molar-refractivity contribution >= 4 is 35.6 Å². The molecule has 1 aromatic carbocycles. The second-order valence-electron chi connectivity index (χ2n) is 5.90. The van der Waals surface area contributed by atoms with Gasteiger partial charge in [-0.15, -0.1) is 24.0 Å². The minimum Gasteiger partial charge on any atom is -0.377 e. The minimum absolute atomic E-state index is 0. The number of aliphatic imine (C=N–C) groups is 1. The predicted octanol–water partition coefficient (Wildman–Crippen LogP) is 3.00. The molecule has 3 N–H and O–H groups in total. The van der Waals surface area contributed by atoms with Crippen LogP contribution in [0.4, 0.5) is 5.69 Å². The van der Waals surface area contributed by atoms with E-state index in [1.807, 2.05) is 6.92 Å². The molecule has 6 heteroatoms. The number of hydrogen-bond acceptors (Lipinski definition) is 3. The molecule has 0 aliphatic heterocycles. The largest absolute Gasteiger partial charge is 0.377 e. The highest BCUT2D eigenvalue weighted by atomic mass is 127. The Bertz CT molecular complexity index is 471. The van der Waals surface area contributed by atoms with E-state index in [1.54, 1.807) is 0 Å². The molecule has 1 aromatic rings. The van der Waals surface area contributed by atoms with Gasteiger partial charge in [-0.25, -0.2) is 0 Å². The Morgan fingerprint density at radius 1 is 1.26 bits per heavy atom. The van der Waals surface area contributed by atoms with Gasteiger partial charge in [0.2, 0.25) is 0 Å². The number of halogens is 1. The maximum absolute atomic E-state index is 5.98. The van der Waals surface area contributed by atoms with Gasteiger partial charge in [0.1, 0.15) is 0 Å². The van der Waals surface area contributed by atoms with Crippen LogP contribution in [0.25, 0.3) is 0 Å². The second-order valence-corrected chi connectivity index (χ2v) is 5.90. The molecular formula is C17H31IN4O. The number of nitrogens with zero attached hydrogens (tertiary/aromatic N) is 2. The SMILES string of the molecule is CCOC(CCN(C)C)CN=C(N)Nc1cc(C)cc(C)c1.I. The van der Waals surface area contributed by atoms with Crippen LogP contribution >= 0.6 is 24.0 Å². The maximum Gasteiger partial charge on any atom is 0.193 e. The molecule has 0 spiro atoms. The molecule has 0 bridgehead atoms. The molecule has 0 saturated carbocycles. The number of nitrogens with two attached hydrogens (primary N) is 1. The van der Waals surface area contributed by atoms with Crippen LogP contribution < -0.4 is 11.1 Å². The summed E-state index contributed by atoms with van der Waals surface area (Å²) < 4.78 is 5.71. The summed E-state index contributed by atoms with van der Waals surface area (Å²) in [6.45, 7) is 8.38. The van der Waals surface area contributed by atoms with E-state index >= 15 is 0 Å². The molecule has 0 amide bonds. The number of anilines is 1. The highest BCUT2D eigenvalue weighted by molar-refractivity contribution is 14.0. The van der Waals surface area contributed by atoms with Crippen LogP contribution in [-0.2, 0) is 4.74 Å². The van der Waals surface area contributed by atoms with Gasteiger partial charge in [-0.1, -0.05) is 6.07 Å². The van der Waals surface area contributed by atoms with Crippen molar-refractivity contribution in [3.8, 4) is 0 Å². The molecule has 132 valence electrons. The van der Waals surface area contributed by atoms with Gasteiger partial charge in [0.15, 0.2) is 5.96 Å². The molecule has 5 nitrogen and oxygen atoms in total. The summed E-state index contributed by atoms with van der Waals surface area (Å²) in [5.74, 6) is 0.430. The summed E-state index contributed by atoms with van der Waals surface area (Å²) in [4.78, 5) is 6.56. The summed E-state index contributed by atoms with van der Waals surface area (Å²) in [5, 5.41) is 3.15. The lowest BCUT2D eigenvalue weighted by atomic mass is 10.1. The summed E-state index contributed by atoms with van der Waals surface area (Å²) in [6.07, 6.45) is 1.05. The van der Waals surface area contributed by atoms with Crippen LogP contribution in [0.15, 0.2) is 23.2 Å². The van der Waals surface area contributed by atoms with E-state index in [2.05, 4.69) is 61.4 Å². The fraction of sp³-hybridized carbons (Fsp3) is 0.588. The van der Waals surface area contributed by atoms with E-state index in [-0.39, 0.29) is 30.1 Å².